The summed E-state index contributed by atoms with van der Waals surface area (Å²) in [6.07, 6.45) is 2.39. The van der Waals surface area contributed by atoms with Crippen molar-refractivity contribution in [3.63, 3.8) is 0 Å². The standard InChI is InChI=1S/C14H20FN3/c1-3-5-8-18(4-2)10-14-16-12-7-6-11(15)9-13(12)17-14/h6-7,9H,3-5,8,10H2,1-2H3,(H,16,17). The van der Waals surface area contributed by atoms with Crippen LogP contribution in [-0.4, -0.2) is 28.0 Å². The van der Waals surface area contributed by atoms with Crippen LogP contribution in [0.3, 0.4) is 0 Å². The number of fused-ring (bicyclic) bond motifs is 1. The quantitative estimate of drug-likeness (QED) is 0.851. The SMILES string of the molecule is CCCCN(CC)Cc1nc2ccc(F)cc2[nH]1. The Hall–Kier alpha value is -1.42. The maximum atomic E-state index is 13.1. The van der Waals surface area contributed by atoms with E-state index in [0.29, 0.717) is 0 Å². The highest BCUT2D eigenvalue weighted by Gasteiger charge is 2.08. The number of nitrogens with one attached hydrogen (secondary N) is 1. The zero-order valence-electron chi connectivity index (χ0n) is 11.0. The molecule has 2 aromatic rings. The van der Waals surface area contributed by atoms with E-state index in [1.165, 1.54) is 25.0 Å². The Morgan fingerprint density at radius 3 is 2.89 bits per heavy atom. The molecule has 3 nitrogen and oxygen atoms in total. The van der Waals surface area contributed by atoms with Crippen LogP contribution < -0.4 is 0 Å². The van der Waals surface area contributed by atoms with Crippen LogP contribution in [0.5, 0.6) is 0 Å². The van der Waals surface area contributed by atoms with Gasteiger partial charge in [0, 0.05) is 0 Å². The second-order valence-corrected chi connectivity index (χ2v) is 4.57. The molecule has 4 heteroatoms. The average Bonchev–Trinajstić information content (AvgIpc) is 2.75. The van der Waals surface area contributed by atoms with Crippen LogP contribution in [0.2, 0.25) is 0 Å². The number of rotatable bonds is 6. The van der Waals surface area contributed by atoms with Gasteiger partial charge in [-0.05, 0) is 37.7 Å². The monoisotopic (exact) mass is 249 g/mol. The fourth-order valence-electron chi connectivity index (χ4n) is 2.05. The number of unbranched alkanes of at least 4 members (excludes halogenated alkanes) is 1. The Kier molecular flexibility index (Phi) is 4.31. The average molecular weight is 249 g/mol. The molecule has 0 saturated heterocycles. The van der Waals surface area contributed by atoms with Gasteiger partial charge in [0.05, 0.1) is 17.6 Å². The van der Waals surface area contributed by atoms with Crippen molar-refractivity contribution >= 4 is 11.0 Å². The van der Waals surface area contributed by atoms with E-state index in [9.17, 15) is 4.39 Å². The lowest BCUT2D eigenvalue weighted by molar-refractivity contribution is 0.269. The van der Waals surface area contributed by atoms with Crippen LogP contribution in [0.4, 0.5) is 4.39 Å². The summed E-state index contributed by atoms with van der Waals surface area (Å²) in [5.41, 5.74) is 1.61. The number of aromatic nitrogens is 2. The molecule has 0 aliphatic carbocycles. The molecule has 1 heterocycles. The van der Waals surface area contributed by atoms with Gasteiger partial charge in [0.2, 0.25) is 0 Å². The zero-order chi connectivity index (χ0) is 13.0. The molecule has 0 atom stereocenters. The summed E-state index contributed by atoms with van der Waals surface area (Å²) < 4.78 is 13.1. The molecule has 98 valence electrons. The van der Waals surface area contributed by atoms with Crippen molar-refractivity contribution in [1.82, 2.24) is 14.9 Å². The minimum atomic E-state index is -0.226. The summed E-state index contributed by atoms with van der Waals surface area (Å²) in [6, 6.07) is 4.66. The molecule has 0 unspecified atom stereocenters. The smallest absolute Gasteiger partial charge is 0.125 e. The summed E-state index contributed by atoms with van der Waals surface area (Å²) >= 11 is 0. The molecule has 18 heavy (non-hydrogen) atoms. The van der Waals surface area contributed by atoms with Crippen molar-refractivity contribution in [2.24, 2.45) is 0 Å². The van der Waals surface area contributed by atoms with Crippen molar-refractivity contribution in [3.05, 3.63) is 29.8 Å². The first-order valence-corrected chi connectivity index (χ1v) is 6.59. The second kappa shape index (κ2) is 5.96. The molecule has 0 bridgehead atoms. The van der Waals surface area contributed by atoms with Gasteiger partial charge in [-0.15, -0.1) is 0 Å². The van der Waals surface area contributed by atoms with Crippen LogP contribution in [0.15, 0.2) is 18.2 Å². The van der Waals surface area contributed by atoms with Gasteiger partial charge in [0.25, 0.3) is 0 Å². The van der Waals surface area contributed by atoms with Gasteiger partial charge in [0.1, 0.15) is 11.6 Å². The van der Waals surface area contributed by atoms with Crippen molar-refractivity contribution in [2.75, 3.05) is 13.1 Å². The first-order chi connectivity index (χ1) is 8.72. The van der Waals surface area contributed by atoms with Crippen LogP contribution in [-0.2, 0) is 6.54 Å². The van der Waals surface area contributed by atoms with Crippen molar-refractivity contribution in [3.8, 4) is 0 Å². The zero-order valence-corrected chi connectivity index (χ0v) is 11.0. The van der Waals surface area contributed by atoms with Crippen LogP contribution in [0, 0.1) is 5.82 Å². The molecule has 1 N–H and O–H groups in total. The molecule has 0 radical (unpaired) electrons. The third-order valence-electron chi connectivity index (χ3n) is 3.14. The van der Waals surface area contributed by atoms with E-state index in [1.54, 1.807) is 6.07 Å². The number of halogens is 1. The molecule has 0 fully saturated rings. The molecule has 1 aromatic heterocycles. The van der Waals surface area contributed by atoms with Crippen LogP contribution in [0.1, 0.15) is 32.5 Å². The number of nitrogens with zero attached hydrogens (tertiary/aromatic N) is 2. The number of benzene rings is 1. The van der Waals surface area contributed by atoms with Gasteiger partial charge in [-0.2, -0.15) is 0 Å². The summed E-state index contributed by atoms with van der Waals surface area (Å²) in [4.78, 5) is 10.0. The van der Waals surface area contributed by atoms with Crippen molar-refractivity contribution < 1.29 is 4.39 Å². The van der Waals surface area contributed by atoms with E-state index >= 15 is 0 Å². The first kappa shape index (κ1) is 13.0. The van der Waals surface area contributed by atoms with Crippen molar-refractivity contribution in [1.29, 1.82) is 0 Å². The Balaban J connectivity index is 2.10. The van der Waals surface area contributed by atoms with Crippen LogP contribution in [0.25, 0.3) is 11.0 Å². The van der Waals surface area contributed by atoms with Crippen molar-refractivity contribution in [2.45, 2.75) is 33.2 Å². The number of aromatic amines is 1. The van der Waals surface area contributed by atoms with E-state index < -0.39 is 0 Å². The number of hydrogen-bond donors (Lipinski definition) is 1. The normalized spacial score (nSPS) is 11.6. The summed E-state index contributed by atoms with van der Waals surface area (Å²) in [5.74, 6) is 0.685. The van der Waals surface area contributed by atoms with E-state index in [-0.39, 0.29) is 5.82 Å². The van der Waals surface area contributed by atoms with Gasteiger partial charge in [-0.25, -0.2) is 9.37 Å². The fraction of sp³-hybridized carbons (Fsp3) is 0.500. The minimum Gasteiger partial charge on any atom is -0.341 e. The molecule has 0 amide bonds. The Morgan fingerprint density at radius 1 is 1.33 bits per heavy atom. The number of H-pyrrole nitrogens is 1. The topological polar surface area (TPSA) is 31.9 Å². The van der Waals surface area contributed by atoms with Gasteiger partial charge >= 0.3 is 0 Å². The second-order valence-electron chi connectivity index (χ2n) is 4.57. The third-order valence-corrected chi connectivity index (χ3v) is 3.14. The summed E-state index contributed by atoms with van der Waals surface area (Å²) in [6.45, 7) is 7.23. The summed E-state index contributed by atoms with van der Waals surface area (Å²) in [5, 5.41) is 0. The minimum absolute atomic E-state index is 0.226. The van der Waals surface area contributed by atoms with Crippen LogP contribution >= 0.6 is 0 Å². The highest BCUT2D eigenvalue weighted by molar-refractivity contribution is 5.74. The molecule has 1 aromatic carbocycles. The van der Waals surface area contributed by atoms with Gasteiger partial charge in [0.15, 0.2) is 0 Å². The summed E-state index contributed by atoms with van der Waals surface area (Å²) in [7, 11) is 0. The van der Waals surface area contributed by atoms with Gasteiger partial charge in [-0.3, -0.25) is 4.90 Å². The highest BCUT2D eigenvalue weighted by atomic mass is 19.1. The largest absolute Gasteiger partial charge is 0.341 e. The number of hydrogen-bond acceptors (Lipinski definition) is 2. The molecule has 0 spiro atoms. The molecule has 0 saturated carbocycles. The Morgan fingerprint density at radius 2 is 2.17 bits per heavy atom. The lowest BCUT2D eigenvalue weighted by Gasteiger charge is -2.18. The maximum Gasteiger partial charge on any atom is 0.125 e. The fourth-order valence-corrected chi connectivity index (χ4v) is 2.05. The van der Waals surface area contributed by atoms with E-state index in [0.717, 1.165) is 36.5 Å². The Bertz CT molecular complexity index is 507. The highest BCUT2D eigenvalue weighted by Crippen LogP contribution is 2.14. The molecular weight excluding hydrogens is 229 g/mol. The van der Waals surface area contributed by atoms with E-state index in [4.69, 9.17) is 0 Å². The van der Waals surface area contributed by atoms with E-state index in [2.05, 4.69) is 28.7 Å². The molecule has 0 aliphatic rings. The third kappa shape index (κ3) is 3.07. The molecule has 2 rings (SSSR count). The Labute approximate surface area is 107 Å². The molecular formula is C14H20FN3. The maximum absolute atomic E-state index is 13.1. The predicted molar refractivity (Wildman–Crippen MR) is 71.9 cm³/mol. The number of imidazole rings is 1. The van der Waals surface area contributed by atoms with E-state index in [1.807, 2.05) is 0 Å². The lowest BCUT2D eigenvalue weighted by Crippen LogP contribution is -2.24. The molecule has 0 aliphatic heterocycles. The van der Waals surface area contributed by atoms with Gasteiger partial charge in [-0.1, -0.05) is 20.3 Å². The predicted octanol–water partition coefficient (Wildman–Crippen LogP) is 3.32. The lowest BCUT2D eigenvalue weighted by atomic mass is 10.3. The van der Waals surface area contributed by atoms with Gasteiger partial charge < -0.3 is 4.98 Å². The first-order valence-electron chi connectivity index (χ1n) is 6.59.